The quantitative estimate of drug-likeness (QED) is 0.772. The fourth-order valence-electron chi connectivity index (χ4n) is 4.27. The molecule has 0 bridgehead atoms. The molecule has 6 heteroatoms. The van der Waals surface area contributed by atoms with Crippen LogP contribution in [0.15, 0.2) is 18.2 Å². The van der Waals surface area contributed by atoms with Gasteiger partial charge < -0.3 is 24.6 Å². The van der Waals surface area contributed by atoms with Gasteiger partial charge in [-0.2, -0.15) is 0 Å². The first-order chi connectivity index (χ1) is 12.0. The van der Waals surface area contributed by atoms with Gasteiger partial charge in [0.15, 0.2) is 0 Å². The summed E-state index contributed by atoms with van der Waals surface area (Å²) in [5.41, 5.74) is -0.0525. The molecule has 134 valence electrons. The molecule has 1 aromatic rings. The zero-order chi connectivity index (χ0) is 18.2. The lowest BCUT2D eigenvalue weighted by molar-refractivity contribution is -0.131. The van der Waals surface area contributed by atoms with Crippen LogP contribution in [-0.4, -0.2) is 53.5 Å². The van der Waals surface area contributed by atoms with Crippen LogP contribution in [0.5, 0.6) is 11.5 Å². The Morgan fingerprint density at radius 2 is 2.16 bits per heavy atom. The Labute approximate surface area is 147 Å². The maximum Gasteiger partial charge on any atom is 0.224 e. The molecule has 2 aliphatic rings. The second kappa shape index (κ2) is 6.58. The van der Waals surface area contributed by atoms with Gasteiger partial charge >= 0.3 is 0 Å². The molecule has 1 aliphatic carbocycles. The molecule has 0 aromatic heterocycles. The lowest BCUT2D eigenvalue weighted by atomic mass is 9.84. The van der Waals surface area contributed by atoms with Gasteiger partial charge in [0.1, 0.15) is 17.0 Å². The molecule has 1 heterocycles. The molecule has 0 spiro atoms. The Balaban J connectivity index is 1.95. The molecule has 0 radical (unpaired) electrons. The lowest BCUT2D eigenvalue weighted by Gasteiger charge is -2.34. The van der Waals surface area contributed by atoms with Crippen molar-refractivity contribution in [2.24, 2.45) is 11.8 Å². The SMILES string of the molecule is C#CC12CC(O)C(CO)C1CC(=O)N2Cc1ccc(OC)cc1OC. The second-order valence-corrected chi connectivity index (χ2v) is 6.65. The molecule has 1 saturated heterocycles. The van der Waals surface area contributed by atoms with Crippen LogP contribution in [0.25, 0.3) is 0 Å². The number of amides is 1. The molecule has 3 rings (SSSR count). The van der Waals surface area contributed by atoms with E-state index in [9.17, 15) is 15.0 Å². The van der Waals surface area contributed by atoms with Crippen LogP contribution in [0.1, 0.15) is 18.4 Å². The van der Waals surface area contributed by atoms with Crippen molar-refractivity contribution in [2.45, 2.75) is 31.0 Å². The summed E-state index contributed by atoms with van der Waals surface area (Å²) < 4.78 is 10.6. The molecule has 4 atom stereocenters. The highest BCUT2D eigenvalue weighted by Gasteiger charge is 2.61. The molecule has 4 unspecified atom stereocenters. The average Bonchev–Trinajstić information content (AvgIpc) is 3.04. The maximum absolute atomic E-state index is 12.6. The van der Waals surface area contributed by atoms with Crippen molar-refractivity contribution in [1.82, 2.24) is 4.90 Å². The molecular weight excluding hydrogens is 322 g/mol. The molecule has 2 fully saturated rings. The van der Waals surface area contributed by atoms with Gasteiger partial charge in [-0.3, -0.25) is 4.79 Å². The number of terminal acetylenes is 1. The Morgan fingerprint density at radius 1 is 1.40 bits per heavy atom. The minimum Gasteiger partial charge on any atom is -0.497 e. The number of aliphatic hydroxyl groups excluding tert-OH is 2. The van der Waals surface area contributed by atoms with Crippen LogP contribution in [0.3, 0.4) is 0 Å². The van der Waals surface area contributed by atoms with Crippen molar-refractivity contribution in [3.05, 3.63) is 23.8 Å². The molecule has 1 aromatic carbocycles. The fourth-order valence-corrected chi connectivity index (χ4v) is 4.27. The van der Waals surface area contributed by atoms with Gasteiger partial charge in [-0.05, 0) is 12.1 Å². The summed E-state index contributed by atoms with van der Waals surface area (Å²) in [7, 11) is 3.14. The topological polar surface area (TPSA) is 79.2 Å². The van der Waals surface area contributed by atoms with Crippen molar-refractivity contribution >= 4 is 5.91 Å². The van der Waals surface area contributed by atoms with E-state index >= 15 is 0 Å². The number of carbonyl (C=O) groups is 1. The molecule has 6 nitrogen and oxygen atoms in total. The third kappa shape index (κ3) is 2.64. The smallest absolute Gasteiger partial charge is 0.224 e. The predicted octanol–water partition coefficient (Wildman–Crippen LogP) is 0.797. The van der Waals surface area contributed by atoms with Crippen LogP contribution in [0, 0.1) is 24.2 Å². The number of methoxy groups -OCH3 is 2. The van der Waals surface area contributed by atoms with Crippen molar-refractivity contribution in [2.75, 3.05) is 20.8 Å². The lowest BCUT2D eigenvalue weighted by Crippen LogP contribution is -2.46. The van der Waals surface area contributed by atoms with E-state index in [0.717, 1.165) is 5.56 Å². The van der Waals surface area contributed by atoms with E-state index in [2.05, 4.69) is 5.92 Å². The van der Waals surface area contributed by atoms with Crippen molar-refractivity contribution < 1.29 is 24.5 Å². The standard InChI is InChI=1S/C19H23NO5/c1-4-19-9-16(22)14(11-21)15(19)8-18(23)20(19)10-12-5-6-13(24-2)7-17(12)25-3/h1,5-7,14-16,21-22H,8-11H2,2-3H3. The summed E-state index contributed by atoms with van der Waals surface area (Å²) in [4.78, 5) is 14.3. The Bertz CT molecular complexity index is 712. The summed E-state index contributed by atoms with van der Waals surface area (Å²) in [6, 6.07) is 5.41. The number of aliphatic hydroxyl groups is 2. The minimum atomic E-state index is -0.866. The minimum absolute atomic E-state index is 0.0637. The van der Waals surface area contributed by atoms with Crippen molar-refractivity contribution in [1.29, 1.82) is 0 Å². The molecule has 1 amide bonds. The van der Waals surface area contributed by atoms with E-state index < -0.39 is 11.6 Å². The van der Waals surface area contributed by atoms with E-state index in [1.165, 1.54) is 0 Å². The van der Waals surface area contributed by atoms with Crippen molar-refractivity contribution in [3.63, 3.8) is 0 Å². The van der Waals surface area contributed by atoms with Gasteiger partial charge in [0, 0.05) is 42.9 Å². The molecular formula is C19H23NO5. The third-order valence-electron chi connectivity index (χ3n) is 5.61. The summed E-state index contributed by atoms with van der Waals surface area (Å²) in [5, 5.41) is 19.9. The van der Waals surface area contributed by atoms with Crippen LogP contribution in [-0.2, 0) is 11.3 Å². The number of likely N-dealkylation sites (tertiary alicyclic amines) is 1. The number of ether oxygens (including phenoxy) is 2. The molecule has 25 heavy (non-hydrogen) atoms. The molecule has 2 N–H and O–H groups in total. The maximum atomic E-state index is 12.6. The summed E-state index contributed by atoms with van der Waals surface area (Å²) in [6.07, 6.45) is 5.64. The predicted molar refractivity (Wildman–Crippen MR) is 91.0 cm³/mol. The number of carbonyl (C=O) groups excluding carboxylic acids is 1. The Kier molecular flexibility index (Phi) is 4.63. The molecule has 1 saturated carbocycles. The fraction of sp³-hybridized carbons (Fsp3) is 0.526. The zero-order valence-corrected chi connectivity index (χ0v) is 14.4. The Hall–Kier alpha value is -2.23. The van der Waals surface area contributed by atoms with Crippen molar-refractivity contribution in [3.8, 4) is 23.8 Å². The number of benzene rings is 1. The number of rotatable bonds is 5. The average molecular weight is 345 g/mol. The Morgan fingerprint density at radius 3 is 2.76 bits per heavy atom. The molecule has 1 aliphatic heterocycles. The summed E-state index contributed by atoms with van der Waals surface area (Å²) in [6.45, 7) is 0.111. The second-order valence-electron chi connectivity index (χ2n) is 6.65. The van der Waals surface area contributed by atoms with E-state index in [0.29, 0.717) is 11.5 Å². The van der Waals surface area contributed by atoms with E-state index in [-0.39, 0.29) is 43.7 Å². The summed E-state index contributed by atoms with van der Waals surface area (Å²) in [5.74, 6) is 3.36. The van der Waals surface area contributed by atoms with E-state index in [4.69, 9.17) is 15.9 Å². The largest absolute Gasteiger partial charge is 0.497 e. The van der Waals surface area contributed by atoms with Gasteiger partial charge in [-0.15, -0.1) is 6.42 Å². The first-order valence-corrected chi connectivity index (χ1v) is 8.28. The van der Waals surface area contributed by atoms with Gasteiger partial charge in [-0.1, -0.05) is 5.92 Å². The van der Waals surface area contributed by atoms with Gasteiger partial charge in [0.05, 0.1) is 26.9 Å². The van der Waals surface area contributed by atoms with E-state index in [1.807, 2.05) is 6.07 Å². The van der Waals surface area contributed by atoms with Crippen LogP contribution < -0.4 is 9.47 Å². The third-order valence-corrected chi connectivity index (χ3v) is 5.61. The summed E-state index contributed by atoms with van der Waals surface area (Å²) >= 11 is 0. The van der Waals surface area contributed by atoms with Gasteiger partial charge in [0.25, 0.3) is 0 Å². The van der Waals surface area contributed by atoms with Crippen LogP contribution in [0.4, 0.5) is 0 Å². The normalized spacial score (nSPS) is 30.9. The van der Waals surface area contributed by atoms with Gasteiger partial charge in [0.2, 0.25) is 5.91 Å². The number of hydrogen-bond donors (Lipinski definition) is 2. The monoisotopic (exact) mass is 345 g/mol. The van der Waals surface area contributed by atoms with Crippen LogP contribution in [0.2, 0.25) is 0 Å². The van der Waals surface area contributed by atoms with Crippen LogP contribution >= 0.6 is 0 Å². The number of nitrogens with zero attached hydrogens (tertiary/aromatic N) is 1. The van der Waals surface area contributed by atoms with Gasteiger partial charge in [-0.25, -0.2) is 0 Å². The highest BCUT2D eigenvalue weighted by atomic mass is 16.5. The number of fused-ring (bicyclic) bond motifs is 1. The zero-order valence-electron chi connectivity index (χ0n) is 14.4. The highest BCUT2D eigenvalue weighted by Crippen LogP contribution is 2.51. The van der Waals surface area contributed by atoms with E-state index in [1.54, 1.807) is 31.3 Å². The number of hydrogen-bond acceptors (Lipinski definition) is 5. The first kappa shape index (κ1) is 17.6. The first-order valence-electron chi connectivity index (χ1n) is 8.28. The highest BCUT2D eigenvalue weighted by molar-refractivity contribution is 5.82.